The molecule has 0 radical (unpaired) electrons. The van der Waals surface area contributed by atoms with E-state index in [4.69, 9.17) is 14.2 Å². The number of piperidine rings is 1. The van der Waals surface area contributed by atoms with Gasteiger partial charge in [0.15, 0.2) is 0 Å². The molecule has 0 aromatic heterocycles. The Balaban J connectivity index is 1.63. The number of ether oxygens (including phenoxy) is 3. The second-order valence-corrected chi connectivity index (χ2v) is 11.1. The monoisotopic (exact) mass is 423 g/mol. The third kappa shape index (κ3) is 1.80. The maximum Gasteiger partial charge on any atom is 0.124 e. The fourth-order valence-electron chi connectivity index (χ4n) is 10.3. The van der Waals surface area contributed by atoms with E-state index in [1.807, 2.05) is 0 Å². The first kappa shape index (κ1) is 20.3. The molecule has 12 atom stereocenters. The van der Waals surface area contributed by atoms with E-state index in [0.717, 1.165) is 32.2 Å². The predicted octanol–water partition coefficient (Wildman–Crippen LogP) is 0.399. The average molecular weight is 424 g/mol. The lowest BCUT2D eigenvalue weighted by molar-refractivity contribution is -0.338. The molecule has 7 heteroatoms. The summed E-state index contributed by atoms with van der Waals surface area (Å²) < 4.78 is 18.0. The topological polar surface area (TPSA) is 91.6 Å². The highest BCUT2D eigenvalue weighted by molar-refractivity contribution is 5.38. The largest absolute Gasteiger partial charge is 0.388 e. The van der Waals surface area contributed by atoms with E-state index in [2.05, 4.69) is 11.8 Å². The second-order valence-electron chi connectivity index (χ2n) is 11.1. The number of hydrogen-bond donors (Lipinski definition) is 3. The van der Waals surface area contributed by atoms with Crippen LogP contribution in [0.1, 0.15) is 39.0 Å². The first-order valence-electron chi connectivity index (χ1n) is 11.8. The number of nitrogens with zero attached hydrogens (tertiary/aromatic N) is 1. The molecule has 6 fully saturated rings. The molecule has 0 aromatic carbocycles. The standard InChI is InChI=1S/C23H37NO6/c1-5-24-11-20(25)7-6-17(29-3)22-15(20)9-13(18(22)24)21(26)10-14(28-2)12-8-16(22)23(21,27)19(12)30-4/h12-19,25-27H,5-11H2,1-4H3/t12-,13+,14+,15-,16+,17+,18?,19+,20-,21+,22+,23+/m1/s1. The summed E-state index contributed by atoms with van der Waals surface area (Å²) in [6.45, 7) is 3.62. The molecule has 7 nitrogen and oxygen atoms in total. The van der Waals surface area contributed by atoms with Gasteiger partial charge in [-0.15, -0.1) is 0 Å². The summed E-state index contributed by atoms with van der Waals surface area (Å²) in [7, 11) is 5.13. The van der Waals surface area contributed by atoms with E-state index in [1.165, 1.54) is 0 Å². The highest BCUT2D eigenvalue weighted by Crippen LogP contribution is 2.78. The van der Waals surface area contributed by atoms with Crippen molar-refractivity contribution in [1.29, 1.82) is 0 Å². The number of aliphatic hydroxyl groups is 3. The zero-order chi connectivity index (χ0) is 21.3. The molecule has 5 aliphatic carbocycles. The van der Waals surface area contributed by atoms with Crippen LogP contribution in [0.4, 0.5) is 0 Å². The summed E-state index contributed by atoms with van der Waals surface area (Å²) in [6.07, 6.45) is 2.77. The van der Waals surface area contributed by atoms with Gasteiger partial charge in [0.1, 0.15) is 11.2 Å². The minimum absolute atomic E-state index is 0.0300. The molecule has 170 valence electrons. The SMILES string of the molecule is CCN1C[C@]2(O)CC[C@H](OC)[C@]34C1[C@H](C[C@H]23)[C@@]1(O)C[C@H](OC)[C@H]2C[C@@H]4[C@]1(O)[C@H]2OC. The van der Waals surface area contributed by atoms with Gasteiger partial charge in [0.05, 0.1) is 23.9 Å². The van der Waals surface area contributed by atoms with Crippen molar-refractivity contribution in [3.63, 3.8) is 0 Å². The highest BCUT2D eigenvalue weighted by Gasteiger charge is 2.88. The maximum atomic E-state index is 12.4. The molecular weight excluding hydrogens is 386 g/mol. The van der Waals surface area contributed by atoms with Crippen molar-refractivity contribution >= 4 is 0 Å². The molecule has 6 aliphatic rings. The van der Waals surface area contributed by atoms with Crippen LogP contribution in [0.15, 0.2) is 0 Å². The van der Waals surface area contributed by atoms with E-state index < -0.39 is 22.9 Å². The zero-order valence-electron chi connectivity index (χ0n) is 18.6. The molecule has 1 aliphatic heterocycles. The smallest absolute Gasteiger partial charge is 0.124 e. The lowest BCUT2D eigenvalue weighted by atomic mass is 9.44. The number of hydrogen-bond acceptors (Lipinski definition) is 7. The van der Waals surface area contributed by atoms with Gasteiger partial charge < -0.3 is 29.5 Å². The summed E-state index contributed by atoms with van der Waals surface area (Å²) in [4.78, 5) is 2.40. The van der Waals surface area contributed by atoms with Crippen LogP contribution >= 0.6 is 0 Å². The molecule has 5 saturated carbocycles. The highest BCUT2D eigenvalue weighted by atomic mass is 16.5. The van der Waals surface area contributed by atoms with E-state index >= 15 is 0 Å². The van der Waals surface area contributed by atoms with Gasteiger partial charge in [-0.3, -0.25) is 4.90 Å². The van der Waals surface area contributed by atoms with Crippen LogP contribution < -0.4 is 0 Å². The molecule has 0 aromatic rings. The summed E-state index contributed by atoms with van der Waals surface area (Å²) in [5.74, 6) is -0.262. The number of likely N-dealkylation sites (N-methyl/N-ethyl adjacent to an activating group) is 1. The number of rotatable bonds is 4. The number of β-amino-alcohol motifs (C(OH)–C–C–N with tert-alkyl or cyclic N) is 1. The van der Waals surface area contributed by atoms with Gasteiger partial charge >= 0.3 is 0 Å². The summed E-state index contributed by atoms with van der Waals surface area (Å²) in [6, 6.07) is 0.0974. The Kier molecular flexibility index (Phi) is 4.06. The number of fused-ring (bicyclic) bond motifs is 2. The Bertz CT molecular complexity index is 751. The lowest BCUT2D eigenvalue weighted by Crippen LogP contribution is -2.83. The third-order valence-electron chi connectivity index (χ3n) is 10.9. The molecule has 0 amide bonds. The summed E-state index contributed by atoms with van der Waals surface area (Å²) in [5.41, 5.74) is -3.81. The van der Waals surface area contributed by atoms with Gasteiger partial charge in [0.25, 0.3) is 0 Å². The van der Waals surface area contributed by atoms with E-state index in [1.54, 1.807) is 21.3 Å². The van der Waals surface area contributed by atoms with Gasteiger partial charge in [-0.2, -0.15) is 0 Å². The Morgan fingerprint density at radius 1 is 1.00 bits per heavy atom. The Morgan fingerprint density at radius 3 is 2.40 bits per heavy atom. The quantitative estimate of drug-likeness (QED) is 0.603. The first-order valence-corrected chi connectivity index (χ1v) is 11.8. The molecule has 3 N–H and O–H groups in total. The molecule has 1 heterocycles. The van der Waals surface area contributed by atoms with E-state index in [-0.39, 0.29) is 47.3 Å². The Labute approximate surface area is 178 Å². The molecule has 1 spiro atoms. The molecule has 7 bridgehead atoms. The van der Waals surface area contributed by atoms with Gasteiger partial charge in [0.2, 0.25) is 0 Å². The van der Waals surface area contributed by atoms with Crippen LogP contribution in [0.3, 0.4) is 0 Å². The van der Waals surface area contributed by atoms with Crippen molar-refractivity contribution in [2.75, 3.05) is 34.4 Å². The normalized spacial score (nSPS) is 63.3. The molecular formula is C23H37NO6. The third-order valence-corrected chi connectivity index (χ3v) is 10.9. The van der Waals surface area contributed by atoms with Crippen LogP contribution in [-0.2, 0) is 14.2 Å². The second kappa shape index (κ2) is 5.99. The predicted molar refractivity (Wildman–Crippen MR) is 108 cm³/mol. The van der Waals surface area contributed by atoms with Crippen molar-refractivity contribution in [3.8, 4) is 0 Å². The van der Waals surface area contributed by atoms with Crippen LogP contribution in [0.25, 0.3) is 0 Å². The van der Waals surface area contributed by atoms with E-state index in [0.29, 0.717) is 13.0 Å². The fraction of sp³-hybridized carbons (Fsp3) is 1.00. The van der Waals surface area contributed by atoms with Gasteiger partial charge in [-0.25, -0.2) is 0 Å². The van der Waals surface area contributed by atoms with Crippen molar-refractivity contribution in [2.45, 2.75) is 80.2 Å². The maximum absolute atomic E-state index is 12.4. The van der Waals surface area contributed by atoms with Crippen molar-refractivity contribution in [2.24, 2.45) is 29.1 Å². The van der Waals surface area contributed by atoms with Crippen molar-refractivity contribution in [3.05, 3.63) is 0 Å². The average Bonchev–Trinajstić information content (AvgIpc) is 3.16. The zero-order valence-corrected chi connectivity index (χ0v) is 18.6. The van der Waals surface area contributed by atoms with Gasteiger partial charge in [0, 0.05) is 63.5 Å². The van der Waals surface area contributed by atoms with Crippen LogP contribution in [-0.4, -0.2) is 95.8 Å². The summed E-state index contributed by atoms with van der Waals surface area (Å²) in [5, 5.41) is 36.8. The number of methoxy groups -OCH3 is 3. The van der Waals surface area contributed by atoms with Gasteiger partial charge in [-0.1, -0.05) is 6.92 Å². The van der Waals surface area contributed by atoms with E-state index in [9.17, 15) is 15.3 Å². The van der Waals surface area contributed by atoms with Crippen molar-refractivity contribution in [1.82, 2.24) is 4.90 Å². The molecule has 30 heavy (non-hydrogen) atoms. The number of likely N-dealkylation sites (tertiary alicyclic amines) is 1. The minimum atomic E-state index is -1.34. The first-order chi connectivity index (χ1) is 14.3. The Hall–Kier alpha value is -0.280. The van der Waals surface area contributed by atoms with Crippen LogP contribution in [0, 0.1) is 29.1 Å². The minimum Gasteiger partial charge on any atom is -0.388 e. The van der Waals surface area contributed by atoms with Crippen molar-refractivity contribution < 1.29 is 29.5 Å². The fourth-order valence-corrected chi connectivity index (χ4v) is 10.3. The van der Waals surface area contributed by atoms with Crippen LogP contribution in [0.2, 0.25) is 0 Å². The Morgan fingerprint density at radius 2 is 1.77 bits per heavy atom. The van der Waals surface area contributed by atoms with Crippen LogP contribution in [0.5, 0.6) is 0 Å². The van der Waals surface area contributed by atoms with Gasteiger partial charge in [-0.05, 0) is 38.1 Å². The molecule has 1 unspecified atom stereocenters. The summed E-state index contributed by atoms with van der Waals surface area (Å²) >= 11 is 0. The molecule has 1 saturated heterocycles. The molecule has 6 rings (SSSR count). The lowest BCUT2D eigenvalue weighted by Gasteiger charge is -2.70.